The first-order chi connectivity index (χ1) is 7.20. The van der Waals surface area contributed by atoms with Crippen LogP contribution in [0.2, 0.25) is 0 Å². The van der Waals surface area contributed by atoms with Gasteiger partial charge in [-0.1, -0.05) is 6.92 Å². The van der Waals surface area contributed by atoms with Gasteiger partial charge in [0.15, 0.2) is 0 Å². The minimum atomic E-state index is -0.334. The molecule has 2 rings (SSSR count). The molecule has 0 bridgehead atoms. The highest BCUT2D eigenvalue weighted by atomic mass is 16.3. The van der Waals surface area contributed by atoms with Crippen LogP contribution >= 0.6 is 0 Å². The van der Waals surface area contributed by atoms with Crippen LogP contribution in [-0.4, -0.2) is 30.8 Å². The van der Waals surface area contributed by atoms with Crippen LogP contribution in [0.3, 0.4) is 0 Å². The fourth-order valence-electron chi connectivity index (χ4n) is 1.54. The maximum Gasteiger partial charge on any atom is 0.252 e. The minimum absolute atomic E-state index is 0.334. The average Bonchev–Trinajstić information content (AvgIpc) is 2.65. The Hall–Kier alpha value is -1.49. The number of aromatic nitrogens is 4. The van der Waals surface area contributed by atoms with Crippen LogP contribution in [0.25, 0.3) is 5.78 Å². The zero-order valence-electron chi connectivity index (χ0n) is 8.88. The predicted octanol–water partition coefficient (Wildman–Crippen LogP) is 0.746. The summed E-state index contributed by atoms with van der Waals surface area (Å²) in [6, 6.07) is 1.93. The minimum Gasteiger partial charge on any atom is -0.393 e. The van der Waals surface area contributed by atoms with Gasteiger partial charge < -0.3 is 5.11 Å². The van der Waals surface area contributed by atoms with Gasteiger partial charge in [0.05, 0.1) is 11.8 Å². The van der Waals surface area contributed by atoms with Crippen molar-refractivity contribution in [2.75, 3.05) is 0 Å². The molecule has 80 valence electrons. The molecular formula is C10H14N4O. The molecule has 1 atom stereocenters. The topological polar surface area (TPSA) is 63.3 Å². The van der Waals surface area contributed by atoms with Crippen molar-refractivity contribution in [1.29, 1.82) is 0 Å². The summed E-state index contributed by atoms with van der Waals surface area (Å²) in [5, 5.41) is 13.7. The quantitative estimate of drug-likeness (QED) is 0.804. The van der Waals surface area contributed by atoms with Crippen LogP contribution in [-0.2, 0) is 6.42 Å². The Morgan fingerprint density at radius 2 is 2.33 bits per heavy atom. The summed E-state index contributed by atoms with van der Waals surface area (Å²) < 4.78 is 1.67. The Bertz CT molecular complexity index is 465. The van der Waals surface area contributed by atoms with Gasteiger partial charge in [-0.3, -0.25) is 0 Å². The van der Waals surface area contributed by atoms with Crippen LogP contribution < -0.4 is 0 Å². The van der Waals surface area contributed by atoms with Gasteiger partial charge >= 0.3 is 0 Å². The molecule has 0 saturated heterocycles. The number of aliphatic hydroxyl groups is 1. The molecule has 0 radical (unpaired) electrons. The van der Waals surface area contributed by atoms with E-state index in [1.54, 1.807) is 4.52 Å². The van der Waals surface area contributed by atoms with E-state index in [0.29, 0.717) is 12.2 Å². The lowest BCUT2D eigenvalue weighted by atomic mass is 10.1. The van der Waals surface area contributed by atoms with E-state index in [9.17, 15) is 5.11 Å². The van der Waals surface area contributed by atoms with Gasteiger partial charge in [0.2, 0.25) is 0 Å². The first-order valence-corrected chi connectivity index (χ1v) is 5.05. The third-order valence-electron chi connectivity index (χ3n) is 2.37. The Labute approximate surface area is 87.8 Å². The molecule has 1 N–H and O–H groups in total. The van der Waals surface area contributed by atoms with E-state index in [4.69, 9.17) is 0 Å². The summed E-state index contributed by atoms with van der Waals surface area (Å²) in [7, 11) is 0. The number of aryl methyl sites for hydroxylation is 1. The molecule has 0 aromatic carbocycles. The number of rotatable bonds is 3. The van der Waals surface area contributed by atoms with E-state index >= 15 is 0 Å². The van der Waals surface area contributed by atoms with Crippen molar-refractivity contribution in [2.24, 2.45) is 0 Å². The largest absolute Gasteiger partial charge is 0.393 e. The molecule has 15 heavy (non-hydrogen) atoms. The molecule has 2 aromatic heterocycles. The van der Waals surface area contributed by atoms with Crippen molar-refractivity contribution in [1.82, 2.24) is 19.6 Å². The highest BCUT2D eigenvalue weighted by Crippen LogP contribution is 2.08. The van der Waals surface area contributed by atoms with Crippen LogP contribution in [0, 0.1) is 6.92 Å². The normalized spacial score (nSPS) is 13.3. The Morgan fingerprint density at radius 1 is 1.53 bits per heavy atom. The van der Waals surface area contributed by atoms with Gasteiger partial charge in [-0.2, -0.15) is 10.1 Å². The molecule has 0 amide bonds. The fraction of sp³-hybridized carbons (Fsp3) is 0.500. The highest BCUT2D eigenvalue weighted by molar-refractivity contribution is 5.29. The van der Waals surface area contributed by atoms with Crippen molar-refractivity contribution in [3.8, 4) is 0 Å². The maximum atomic E-state index is 9.62. The number of fused-ring (bicyclic) bond motifs is 1. The summed E-state index contributed by atoms with van der Waals surface area (Å²) in [6.45, 7) is 3.87. The lowest BCUT2D eigenvalue weighted by Crippen LogP contribution is -2.13. The molecule has 0 aliphatic rings. The van der Waals surface area contributed by atoms with Crippen molar-refractivity contribution >= 4 is 5.78 Å². The Kier molecular flexibility index (Phi) is 2.64. The third kappa shape index (κ3) is 1.97. The van der Waals surface area contributed by atoms with E-state index < -0.39 is 0 Å². The first-order valence-electron chi connectivity index (χ1n) is 5.05. The van der Waals surface area contributed by atoms with Gasteiger partial charge in [-0.15, -0.1) is 0 Å². The van der Waals surface area contributed by atoms with Gasteiger partial charge in [-0.25, -0.2) is 9.50 Å². The first kappa shape index (κ1) is 10.0. The molecule has 2 aromatic rings. The van der Waals surface area contributed by atoms with Crippen LogP contribution in [0.1, 0.15) is 24.7 Å². The highest BCUT2D eigenvalue weighted by Gasteiger charge is 2.09. The molecule has 1 unspecified atom stereocenters. The summed E-state index contributed by atoms with van der Waals surface area (Å²) in [5.74, 6) is 0.591. The SMILES string of the molecule is CCC(O)Cc1cc(C)nc2ncnn12. The van der Waals surface area contributed by atoms with Gasteiger partial charge in [0, 0.05) is 12.1 Å². The molecule has 0 fully saturated rings. The van der Waals surface area contributed by atoms with Gasteiger partial charge in [0.25, 0.3) is 5.78 Å². The Morgan fingerprint density at radius 3 is 3.07 bits per heavy atom. The Balaban J connectivity index is 2.44. The number of aliphatic hydroxyl groups excluding tert-OH is 1. The second kappa shape index (κ2) is 3.94. The summed E-state index contributed by atoms with van der Waals surface area (Å²) in [4.78, 5) is 8.27. The zero-order chi connectivity index (χ0) is 10.8. The standard InChI is InChI=1S/C10H14N4O/c1-3-9(15)5-8-4-7(2)13-10-11-6-12-14(8)10/h4,6,9,15H,3,5H2,1-2H3. The predicted molar refractivity (Wildman–Crippen MR) is 55.5 cm³/mol. The van der Waals surface area contributed by atoms with E-state index in [1.165, 1.54) is 6.33 Å². The van der Waals surface area contributed by atoms with Crippen molar-refractivity contribution < 1.29 is 5.11 Å². The number of nitrogens with zero attached hydrogens (tertiary/aromatic N) is 4. The summed E-state index contributed by atoms with van der Waals surface area (Å²) >= 11 is 0. The molecule has 0 aliphatic carbocycles. The number of hydrogen-bond acceptors (Lipinski definition) is 4. The van der Waals surface area contributed by atoms with E-state index in [0.717, 1.165) is 17.8 Å². The van der Waals surface area contributed by atoms with Crippen molar-refractivity contribution in [3.63, 3.8) is 0 Å². The molecule has 0 saturated carbocycles. The zero-order valence-corrected chi connectivity index (χ0v) is 8.88. The monoisotopic (exact) mass is 206 g/mol. The average molecular weight is 206 g/mol. The van der Waals surface area contributed by atoms with Crippen LogP contribution in [0.5, 0.6) is 0 Å². The smallest absolute Gasteiger partial charge is 0.252 e. The van der Waals surface area contributed by atoms with Gasteiger partial charge in [0.1, 0.15) is 6.33 Å². The van der Waals surface area contributed by atoms with Crippen molar-refractivity contribution in [2.45, 2.75) is 32.8 Å². The summed E-state index contributed by atoms with van der Waals surface area (Å²) in [5.41, 5.74) is 1.85. The molecule has 5 nitrogen and oxygen atoms in total. The molecule has 0 spiro atoms. The van der Waals surface area contributed by atoms with E-state index in [-0.39, 0.29) is 6.10 Å². The molecule has 5 heteroatoms. The number of hydrogen-bond donors (Lipinski definition) is 1. The summed E-state index contributed by atoms with van der Waals surface area (Å²) in [6.07, 6.45) is 2.46. The van der Waals surface area contributed by atoms with Gasteiger partial charge in [-0.05, 0) is 19.4 Å². The fourth-order valence-corrected chi connectivity index (χ4v) is 1.54. The third-order valence-corrected chi connectivity index (χ3v) is 2.37. The molecule has 2 heterocycles. The lowest BCUT2D eigenvalue weighted by Gasteiger charge is -2.09. The van der Waals surface area contributed by atoms with Crippen LogP contribution in [0.4, 0.5) is 0 Å². The second-order valence-corrected chi connectivity index (χ2v) is 3.63. The lowest BCUT2D eigenvalue weighted by molar-refractivity contribution is 0.169. The van der Waals surface area contributed by atoms with E-state index in [2.05, 4.69) is 15.1 Å². The van der Waals surface area contributed by atoms with E-state index in [1.807, 2.05) is 19.9 Å². The molecular weight excluding hydrogens is 192 g/mol. The van der Waals surface area contributed by atoms with Crippen LogP contribution in [0.15, 0.2) is 12.4 Å². The maximum absolute atomic E-state index is 9.62. The molecule has 0 aliphatic heterocycles. The second-order valence-electron chi connectivity index (χ2n) is 3.63. The van der Waals surface area contributed by atoms with Crippen molar-refractivity contribution in [3.05, 3.63) is 23.8 Å².